The van der Waals surface area contributed by atoms with E-state index in [4.69, 9.17) is 0 Å². The molecule has 0 heterocycles. The van der Waals surface area contributed by atoms with Crippen molar-refractivity contribution < 1.29 is 4.79 Å². The summed E-state index contributed by atoms with van der Waals surface area (Å²) in [4.78, 5) is 14.7. The van der Waals surface area contributed by atoms with E-state index in [0.717, 1.165) is 13.0 Å². The maximum Gasteiger partial charge on any atom is 0.223 e. The molecule has 1 atom stereocenters. The molecule has 0 aliphatic carbocycles. The Morgan fingerprint density at radius 3 is 2.43 bits per heavy atom. The Balaban J connectivity index is 2.45. The molecule has 0 fully saturated rings. The average molecular weight is 381 g/mol. The van der Waals surface area contributed by atoms with Crippen molar-refractivity contribution in [1.82, 2.24) is 10.2 Å². The van der Waals surface area contributed by atoms with Gasteiger partial charge in [0.2, 0.25) is 5.91 Å². The second-order valence-electron chi connectivity index (χ2n) is 8.65. The van der Waals surface area contributed by atoms with Crippen LogP contribution in [0.4, 0.5) is 0 Å². The molecule has 2 aromatic rings. The van der Waals surface area contributed by atoms with E-state index in [1.54, 1.807) is 0 Å². The number of hydrogen-bond acceptors (Lipinski definition) is 2. The van der Waals surface area contributed by atoms with Gasteiger partial charge in [0, 0.05) is 18.4 Å². The highest BCUT2D eigenvalue weighted by molar-refractivity contribution is 5.87. The van der Waals surface area contributed by atoms with Gasteiger partial charge >= 0.3 is 0 Å². The number of nitrogens with one attached hydrogen (secondary N) is 1. The maximum atomic E-state index is 12.5. The van der Waals surface area contributed by atoms with Gasteiger partial charge in [-0.3, -0.25) is 4.79 Å². The van der Waals surface area contributed by atoms with Gasteiger partial charge in [-0.2, -0.15) is 0 Å². The fraction of sp³-hybridized carbons (Fsp3) is 0.480. The van der Waals surface area contributed by atoms with Crippen molar-refractivity contribution in [2.24, 2.45) is 5.92 Å². The largest absolute Gasteiger partial charge is 0.355 e. The van der Waals surface area contributed by atoms with E-state index in [-0.39, 0.29) is 11.3 Å². The van der Waals surface area contributed by atoms with Crippen molar-refractivity contribution in [3.05, 3.63) is 59.7 Å². The summed E-state index contributed by atoms with van der Waals surface area (Å²) in [5, 5.41) is 5.79. The average Bonchev–Trinajstić information content (AvgIpc) is 2.66. The third-order valence-electron chi connectivity index (χ3n) is 5.73. The summed E-state index contributed by atoms with van der Waals surface area (Å²) in [5.41, 5.74) is 2.39. The molecule has 152 valence electrons. The summed E-state index contributed by atoms with van der Waals surface area (Å²) in [6, 6.07) is 15.1. The zero-order valence-electron chi connectivity index (χ0n) is 18.4. The summed E-state index contributed by atoms with van der Waals surface area (Å²) in [7, 11) is 4.23. The second-order valence-corrected chi connectivity index (χ2v) is 8.65. The molecule has 0 saturated heterocycles. The molecule has 0 aliphatic heterocycles. The lowest BCUT2D eigenvalue weighted by atomic mass is 9.67. The van der Waals surface area contributed by atoms with E-state index >= 15 is 0 Å². The molecule has 2 rings (SSSR count). The Kier molecular flexibility index (Phi) is 7.82. The number of allylic oxidation sites excluding steroid dienone is 1. The van der Waals surface area contributed by atoms with Gasteiger partial charge in [0.25, 0.3) is 0 Å². The fourth-order valence-electron chi connectivity index (χ4n) is 3.83. The molecular formula is C25H36N2O. The number of carbonyl (C=O) groups excluding carboxylic acids is 1. The molecular weight excluding hydrogens is 344 g/mol. The van der Waals surface area contributed by atoms with Crippen LogP contribution in [-0.4, -0.2) is 38.0 Å². The molecule has 0 saturated carbocycles. The van der Waals surface area contributed by atoms with Crippen molar-refractivity contribution in [3.8, 4) is 0 Å². The summed E-state index contributed by atoms with van der Waals surface area (Å²) in [6.07, 6.45) is 3.43. The Labute approximate surface area is 170 Å². The second kappa shape index (κ2) is 9.88. The van der Waals surface area contributed by atoms with Crippen molar-refractivity contribution in [3.63, 3.8) is 0 Å². The van der Waals surface area contributed by atoms with Crippen molar-refractivity contribution in [2.45, 2.75) is 46.0 Å². The molecule has 0 bridgehead atoms. The standard InChI is InChI=1S/C25H36N2O/c1-19(2)14-15-24(28)26-18-25(20(3)4,16-17-27(5)6)23-13-9-11-21-10-7-8-12-22(21)23/h7-14,20H,15-18H2,1-6H3,(H,26,28). The molecule has 0 aromatic heterocycles. The summed E-state index contributed by atoms with van der Waals surface area (Å²) < 4.78 is 0. The first-order chi connectivity index (χ1) is 13.3. The molecule has 0 radical (unpaired) electrons. The molecule has 3 heteroatoms. The predicted octanol–water partition coefficient (Wildman–Crippen LogP) is 5.16. The highest BCUT2D eigenvalue weighted by Crippen LogP contribution is 2.39. The van der Waals surface area contributed by atoms with Gasteiger partial charge < -0.3 is 10.2 Å². The Morgan fingerprint density at radius 2 is 1.79 bits per heavy atom. The van der Waals surface area contributed by atoms with Crippen LogP contribution in [0.2, 0.25) is 0 Å². The number of rotatable bonds is 9. The number of amides is 1. The quantitative estimate of drug-likeness (QED) is 0.610. The topological polar surface area (TPSA) is 32.3 Å². The Morgan fingerprint density at radius 1 is 1.11 bits per heavy atom. The fourth-order valence-corrected chi connectivity index (χ4v) is 3.83. The normalized spacial score (nSPS) is 13.6. The first-order valence-electron chi connectivity index (χ1n) is 10.3. The number of benzene rings is 2. The minimum Gasteiger partial charge on any atom is -0.355 e. The van der Waals surface area contributed by atoms with Gasteiger partial charge in [0.1, 0.15) is 0 Å². The lowest BCUT2D eigenvalue weighted by Gasteiger charge is -2.40. The molecule has 3 nitrogen and oxygen atoms in total. The third kappa shape index (κ3) is 5.45. The van der Waals surface area contributed by atoms with Crippen LogP contribution < -0.4 is 5.32 Å². The number of carbonyl (C=O) groups is 1. The van der Waals surface area contributed by atoms with Gasteiger partial charge in [-0.15, -0.1) is 0 Å². The first kappa shape index (κ1) is 22.2. The van der Waals surface area contributed by atoms with E-state index in [2.05, 4.69) is 80.6 Å². The van der Waals surface area contributed by atoms with Crippen molar-refractivity contribution in [1.29, 1.82) is 0 Å². The van der Waals surface area contributed by atoms with Crippen molar-refractivity contribution in [2.75, 3.05) is 27.2 Å². The lowest BCUT2D eigenvalue weighted by Crippen LogP contribution is -2.46. The van der Waals surface area contributed by atoms with Crippen molar-refractivity contribution >= 4 is 16.7 Å². The smallest absolute Gasteiger partial charge is 0.223 e. The molecule has 2 aromatic carbocycles. The Bertz CT molecular complexity index is 813. The van der Waals surface area contributed by atoms with Crippen LogP contribution in [0.1, 0.15) is 46.1 Å². The van der Waals surface area contributed by atoms with Gasteiger partial charge in [-0.1, -0.05) is 68.0 Å². The predicted molar refractivity (Wildman–Crippen MR) is 121 cm³/mol. The van der Waals surface area contributed by atoms with Crippen LogP contribution in [0.5, 0.6) is 0 Å². The van der Waals surface area contributed by atoms with Gasteiger partial charge in [0.05, 0.1) is 0 Å². The maximum absolute atomic E-state index is 12.5. The molecule has 28 heavy (non-hydrogen) atoms. The summed E-state index contributed by atoms with van der Waals surface area (Å²) in [5.74, 6) is 0.485. The number of nitrogens with zero attached hydrogens (tertiary/aromatic N) is 1. The molecule has 0 spiro atoms. The summed E-state index contributed by atoms with van der Waals surface area (Å²) in [6.45, 7) is 10.2. The lowest BCUT2D eigenvalue weighted by molar-refractivity contribution is -0.120. The van der Waals surface area contributed by atoms with E-state index in [1.165, 1.54) is 21.9 Å². The van der Waals surface area contributed by atoms with Gasteiger partial charge in [0.15, 0.2) is 0 Å². The molecule has 0 aliphatic rings. The summed E-state index contributed by atoms with van der Waals surface area (Å²) >= 11 is 0. The zero-order valence-corrected chi connectivity index (χ0v) is 18.4. The minimum atomic E-state index is -0.119. The molecule has 1 unspecified atom stereocenters. The zero-order chi connectivity index (χ0) is 20.7. The van der Waals surface area contributed by atoms with Crippen LogP contribution in [0.25, 0.3) is 10.8 Å². The monoisotopic (exact) mass is 380 g/mol. The van der Waals surface area contributed by atoms with E-state index in [1.807, 2.05) is 19.9 Å². The van der Waals surface area contributed by atoms with Crippen LogP contribution >= 0.6 is 0 Å². The van der Waals surface area contributed by atoms with Crippen LogP contribution in [0.3, 0.4) is 0 Å². The van der Waals surface area contributed by atoms with E-state index in [0.29, 0.717) is 18.9 Å². The molecule has 1 amide bonds. The van der Waals surface area contributed by atoms with Crippen LogP contribution in [0, 0.1) is 5.92 Å². The highest BCUT2D eigenvalue weighted by Gasteiger charge is 2.37. The first-order valence-corrected chi connectivity index (χ1v) is 10.3. The number of hydrogen-bond donors (Lipinski definition) is 1. The van der Waals surface area contributed by atoms with E-state index in [9.17, 15) is 4.79 Å². The van der Waals surface area contributed by atoms with Crippen LogP contribution in [-0.2, 0) is 10.2 Å². The molecule has 1 N–H and O–H groups in total. The SMILES string of the molecule is CC(C)=CCC(=O)NCC(CCN(C)C)(c1cccc2ccccc12)C(C)C. The van der Waals surface area contributed by atoms with Crippen LogP contribution in [0.15, 0.2) is 54.1 Å². The van der Waals surface area contributed by atoms with Gasteiger partial charge in [-0.25, -0.2) is 0 Å². The third-order valence-corrected chi connectivity index (χ3v) is 5.73. The Hall–Kier alpha value is -2.13. The van der Waals surface area contributed by atoms with E-state index < -0.39 is 0 Å². The highest BCUT2D eigenvalue weighted by atomic mass is 16.1. The van der Waals surface area contributed by atoms with Gasteiger partial charge in [-0.05, 0) is 63.2 Å². The number of fused-ring (bicyclic) bond motifs is 1. The minimum absolute atomic E-state index is 0.0938.